The van der Waals surface area contributed by atoms with Crippen molar-refractivity contribution < 1.29 is 14.3 Å². The van der Waals surface area contributed by atoms with Crippen LogP contribution in [0.15, 0.2) is 22.9 Å². The molecular formula is C15H16N2O3S2. The standard InChI is InChI=1S/C15H16N2O3S2/c1-2-20-15(19)11-9-22-13(16-11)8-17(10-5-6-10)14(18)12-4-3-7-21-12/h3-4,7,9-10H,2,5-6,8H2,1H3. The normalized spacial score (nSPS) is 13.9. The molecule has 0 bridgehead atoms. The molecule has 1 amide bonds. The van der Waals surface area contributed by atoms with Crippen LogP contribution < -0.4 is 0 Å². The first-order valence-corrected chi connectivity index (χ1v) is 8.91. The molecule has 2 heterocycles. The summed E-state index contributed by atoms with van der Waals surface area (Å²) in [5.74, 6) is -0.363. The van der Waals surface area contributed by atoms with Gasteiger partial charge in [-0.2, -0.15) is 0 Å². The van der Waals surface area contributed by atoms with E-state index in [0.717, 1.165) is 22.7 Å². The summed E-state index contributed by atoms with van der Waals surface area (Å²) in [6, 6.07) is 4.02. The van der Waals surface area contributed by atoms with Gasteiger partial charge in [-0.05, 0) is 31.2 Å². The summed E-state index contributed by atoms with van der Waals surface area (Å²) < 4.78 is 4.94. The number of ether oxygens (including phenoxy) is 1. The highest BCUT2D eigenvalue weighted by Crippen LogP contribution is 2.31. The minimum Gasteiger partial charge on any atom is -0.461 e. The molecular weight excluding hydrogens is 320 g/mol. The summed E-state index contributed by atoms with van der Waals surface area (Å²) in [5.41, 5.74) is 0.321. The first kappa shape index (κ1) is 15.2. The van der Waals surface area contributed by atoms with Crippen molar-refractivity contribution in [2.45, 2.75) is 32.4 Å². The Kier molecular flexibility index (Phi) is 4.54. The van der Waals surface area contributed by atoms with Crippen LogP contribution in [-0.2, 0) is 11.3 Å². The molecule has 3 rings (SSSR count). The lowest BCUT2D eigenvalue weighted by Gasteiger charge is -2.20. The van der Waals surface area contributed by atoms with Gasteiger partial charge in [0, 0.05) is 11.4 Å². The second-order valence-corrected chi connectivity index (χ2v) is 6.88. The second kappa shape index (κ2) is 6.58. The van der Waals surface area contributed by atoms with Crippen molar-refractivity contribution in [2.75, 3.05) is 6.61 Å². The number of nitrogens with zero attached hydrogens (tertiary/aromatic N) is 2. The molecule has 0 radical (unpaired) electrons. The molecule has 5 nitrogen and oxygen atoms in total. The third-order valence-electron chi connectivity index (χ3n) is 3.32. The van der Waals surface area contributed by atoms with Crippen molar-refractivity contribution in [3.63, 3.8) is 0 Å². The summed E-state index contributed by atoms with van der Waals surface area (Å²) in [4.78, 5) is 31.1. The van der Waals surface area contributed by atoms with Gasteiger partial charge in [0.1, 0.15) is 5.01 Å². The molecule has 2 aromatic heterocycles. The van der Waals surface area contributed by atoms with Crippen molar-refractivity contribution in [1.82, 2.24) is 9.88 Å². The molecule has 0 atom stereocenters. The molecule has 1 saturated carbocycles. The summed E-state index contributed by atoms with van der Waals surface area (Å²) >= 11 is 2.84. The van der Waals surface area contributed by atoms with E-state index in [0.29, 0.717) is 24.9 Å². The second-order valence-electron chi connectivity index (χ2n) is 4.99. The molecule has 0 aliphatic heterocycles. The fourth-order valence-electron chi connectivity index (χ4n) is 2.12. The van der Waals surface area contributed by atoms with Crippen molar-refractivity contribution in [1.29, 1.82) is 0 Å². The molecule has 1 fully saturated rings. The Morgan fingerprint density at radius 2 is 2.23 bits per heavy atom. The van der Waals surface area contributed by atoms with Gasteiger partial charge in [-0.25, -0.2) is 9.78 Å². The Labute approximate surface area is 136 Å². The van der Waals surface area contributed by atoms with Crippen LogP contribution in [0.3, 0.4) is 0 Å². The van der Waals surface area contributed by atoms with Crippen LogP contribution >= 0.6 is 22.7 Å². The number of amides is 1. The average molecular weight is 336 g/mol. The van der Waals surface area contributed by atoms with E-state index >= 15 is 0 Å². The maximum absolute atomic E-state index is 12.6. The maximum Gasteiger partial charge on any atom is 0.357 e. The van der Waals surface area contributed by atoms with Crippen LogP contribution in [0.1, 0.15) is 44.9 Å². The molecule has 0 N–H and O–H groups in total. The monoisotopic (exact) mass is 336 g/mol. The number of hydrogen-bond donors (Lipinski definition) is 0. The lowest BCUT2D eigenvalue weighted by atomic mass is 10.3. The summed E-state index contributed by atoms with van der Waals surface area (Å²) in [7, 11) is 0. The van der Waals surface area contributed by atoms with Gasteiger partial charge in [0.05, 0.1) is 18.0 Å². The van der Waals surface area contributed by atoms with Gasteiger partial charge >= 0.3 is 5.97 Å². The van der Waals surface area contributed by atoms with Crippen LogP contribution in [0.5, 0.6) is 0 Å². The maximum atomic E-state index is 12.6. The van der Waals surface area contributed by atoms with Gasteiger partial charge in [-0.1, -0.05) is 6.07 Å². The number of thiazole rings is 1. The third kappa shape index (κ3) is 3.36. The first-order chi connectivity index (χ1) is 10.7. The van der Waals surface area contributed by atoms with E-state index in [-0.39, 0.29) is 5.91 Å². The van der Waals surface area contributed by atoms with Gasteiger partial charge in [0.25, 0.3) is 5.91 Å². The van der Waals surface area contributed by atoms with E-state index in [1.165, 1.54) is 22.7 Å². The van der Waals surface area contributed by atoms with Crippen LogP contribution in [0.25, 0.3) is 0 Å². The molecule has 0 saturated heterocycles. The van der Waals surface area contributed by atoms with E-state index in [1.807, 2.05) is 22.4 Å². The summed E-state index contributed by atoms with van der Waals surface area (Å²) in [6.45, 7) is 2.54. The Bertz CT molecular complexity index is 662. The topological polar surface area (TPSA) is 59.5 Å². The van der Waals surface area contributed by atoms with E-state index in [9.17, 15) is 9.59 Å². The fourth-order valence-corrected chi connectivity index (χ4v) is 3.56. The van der Waals surface area contributed by atoms with Crippen LogP contribution in [0.4, 0.5) is 0 Å². The number of aromatic nitrogens is 1. The third-order valence-corrected chi connectivity index (χ3v) is 5.01. The van der Waals surface area contributed by atoms with E-state index in [1.54, 1.807) is 12.3 Å². The zero-order valence-corrected chi connectivity index (χ0v) is 13.8. The number of thiophene rings is 1. The average Bonchev–Trinajstić information content (AvgIpc) is 3.04. The Morgan fingerprint density at radius 1 is 1.41 bits per heavy atom. The quantitative estimate of drug-likeness (QED) is 0.760. The predicted molar refractivity (Wildman–Crippen MR) is 85.3 cm³/mol. The first-order valence-electron chi connectivity index (χ1n) is 7.15. The highest BCUT2D eigenvalue weighted by Gasteiger charge is 2.34. The van der Waals surface area contributed by atoms with E-state index in [4.69, 9.17) is 4.74 Å². The summed E-state index contributed by atoms with van der Waals surface area (Å²) in [6.07, 6.45) is 2.07. The lowest BCUT2D eigenvalue weighted by molar-refractivity contribution is 0.0520. The lowest BCUT2D eigenvalue weighted by Crippen LogP contribution is -2.32. The smallest absolute Gasteiger partial charge is 0.357 e. The molecule has 22 heavy (non-hydrogen) atoms. The highest BCUT2D eigenvalue weighted by molar-refractivity contribution is 7.12. The number of carbonyl (C=O) groups is 2. The van der Waals surface area contributed by atoms with Crippen molar-refractivity contribution in [3.05, 3.63) is 38.5 Å². The molecule has 0 aromatic carbocycles. The van der Waals surface area contributed by atoms with Crippen LogP contribution in [-0.4, -0.2) is 34.4 Å². The zero-order chi connectivity index (χ0) is 15.5. The van der Waals surface area contributed by atoms with Crippen LogP contribution in [0, 0.1) is 0 Å². The molecule has 2 aromatic rings. The SMILES string of the molecule is CCOC(=O)c1csc(CN(C(=O)c2cccs2)C2CC2)n1. The predicted octanol–water partition coefficient (Wildman–Crippen LogP) is 3.19. The molecule has 0 unspecified atom stereocenters. The van der Waals surface area contributed by atoms with Gasteiger partial charge in [-0.3, -0.25) is 4.79 Å². The van der Waals surface area contributed by atoms with Crippen molar-refractivity contribution in [2.24, 2.45) is 0 Å². The number of esters is 1. The molecule has 1 aliphatic rings. The Balaban J connectivity index is 1.72. The number of rotatable bonds is 6. The minimum atomic E-state index is -0.410. The number of carbonyl (C=O) groups excluding carboxylic acids is 2. The summed E-state index contributed by atoms with van der Waals surface area (Å²) in [5, 5.41) is 4.36. The van der Waals surface area contributed by atoms with Gasteiger partial charge in [0.15, 0.2) is 5.69 Å². The minimum absolute atomic E-state index is 0.0467. The van der Waals surface area contributed by atoms with Gasteiger partial charge in [-0.15, -0.1) is 22.7 Å². The fraction of sp³-hybridized carbons (Fsp3) is 0.400. The van der Waals surface area contributed by atoms with E-state index < -0.39 is 5.97 Å². The van der Waals surface area contributed by atoms with Crippen molar-refractivity contribution >= 4 is 34.6 Å². The Morgan fingerprint density at radius 3 is 2.86 bits per heavy atom. The molecule has 0 spiro atoms. The molecule has 116 valence electrons. The molecule has 7 heteroatoms. The zero-order valence-electron chi connectivity index (χ0n) is 12.2. The largest absolute Gasteiger partial charge is 0.461 e. The van der Waals surface area contributed by atoms with Crippen LogP contribution in [0.2, 0.25) is 0 Å². The van der Waals surface area contributed by atoms with Gasteiger partial charge in [0.2, 0.25) is 0 Å². The highest BCUT2D eigenvalue weighted by atomic mass is 32.1. The van der Waals surface area contributed by atoms with E-state index in [2.05, 4.69) is 4.98 Å². The molecule has 1 aliphatic carbocycles. The Hall–Kier alpha value is -1.73. The van der Waals surface area contributed by atoms with Gasteiger partial charge < -0.3 is 9.64 Å². The van der Waals surface area contributed by atoms with Crippen molar-refractivity contribution in [3.8, 4) is 0 Å². The number of hydrogen-bond acceptors (Lipinski definition) is 6.